The van der Waals surface area contributed by atoms with Gasteiger partial charge in [-0.15, -0.1) is 0 Å². The molecule has 1 unspecified atom stereocenters. The fraction of sp³-hybridized carbons (Fsp3) is 1.00. The Kier molecular flexibility index (Phi) is 48.6. The van der Waals surface area contributed by atoms with Crippen LogP contribution >= 0.6 is 0 Å². The van der Waals surface area contributed by atoms with Gasteiger partial charge in [0, 0.05) is 13.2 Å². The summed E-state index contributed by atoms with van der Waals surface area (Å²) in [4.78, 5) is 0. The molecule has 7 nitrogen and oxygen atoms in total. The van der Waals surface area contributed by atoms with E-state index in [1.54, 1.807) is 14.0 Å². The zero-order valence-electron chi connectivity index (χ0n) is 34.7. The SMILES string of the molecule is CCC(C)(O)NC.CCCCCCCCCCCCCCCCCCOCCCCCCCCCCCCCCCCCC.COS(=O)(=O)O. The van der Waals surface area contributed by atoms with Gasteiger partial charge in [0.1, 0.15) is 5.72 Å². The Morgan fingerprint density at radius 1 is 0.480 bits per heavy atom. The molecule has 3 N–H and O–H groups in total. The van der Waals surface area contributed by atoms with E-state index in [0.29, 0.717) is 0 Å². The van der Waals surface area contributed by atoms with Gasteiger partial charge in [-0.1, -0.05) is 213 Å². The first-order chi connectivity index (χ1) is 24.1. The number of hydrogen-bond donors (Lipinski definition) is 3. The molecule has 0 radical (unpaired) electrons. The number of rotatable bonds is 37. The second-order valence-electron chi connectivity index (χ2n) is 14.7. The highest BCUT2D eigenvalue weighted by molar-refractivity contribution is 7.80. The molecule has 0 aromatic rings. The van der Waals surface area contributed by atoms with Crippen molar-refractivity contribution in [2.24, 2.45) is 0 Å². The minimum atomic E-state index is -4.16. The molecular weight excluding hydrogens is 647 g/mol. The first-order valence-corrected chi connectivity index (χ1v) is 23.0. The van der Waals surface area contributed by atoms with E-state index < -0.39 is 16.1 Å². The van der Waals surface area contributed by atoms with Gasteiger partial charge in [0.15, 0.2) is 0 Å². The summed E-state index contributed by atoms with van der Waals surface area (Å²) >= 11 is 0. The van der Waals surface area contributed by atoms with Gasteiger partial charge in [-0.05, 0) is 33.2 Å². The van der Waals surface area contributed by atoms with E-state index in [1.807, 2.05) is 6.92 Å². The van der Waals surface area contributed by atoms with Crippen LogP contribution in [0.25, 0.3) is 0 Å². The normalized spacial score (nSPS) is 12.6. The highest BCUT2D eigenvalue weighted by Crippen LogP contribution is 2.15. The van der Waals surface area contributed by atoms with Crippen molar-refractivity contribution in [3.8, 4) is 0 Å². The topological polar surface area (TPSA) is 105 Å². The fourth-order valence-corrected chi connectivity index (χ4v) is 5.78. The molecule has 8 heteroatoms. The van der Waals surface area contributed by atoms with Crippen LogP contribution in [0.5, 0.6) is 0 Å². The van der Waals surface area contributed by atoms with Gasteiger partial charge in [0.05, 0.1) is 7.11 Å². The van der Waals surface area contributed by atoms with E-state index >= 15 is 0 Å². The van der Waals surface area contributed by atoms with Gasteiger partial charge in [-0.2, -0.15) is 8.42 Å². The van der Waals surface area contributed by atoms with Crippen LogP contribution in [0.4, 0.5) is 0 Å². The summed E-state index contributed by atoms with van der Waals surface area (Å²) in [5.74, 6) is 0. The van der Waals surface area contributed by atoms with E-state index in [-0.39, 0.29) is 0 Å². The molecule has 0 saturated carbocycles. The third-order valence-corrected chi connectivity index (χ3v) is 10.1. The average Bonchev–Trinajstić information content (AvgIpc) is 3.10. The third kappa shape index (κ3) is 57.1. The number of hydrogen-bond acceptors (Lipinski definition) is 6. The van der Waals surface area contributed by atoms with Crippen LogP contribution in [0.15, 0.2) is 0 Å². The van der Waals surface area contributed by atoms with Crippen molar-refractivity contribution >= 4 is 10.4 Å². The third-order valence-electron chi connectivity index (χ3n) is 9.72. The van der Waals surface area contributed by atoms with Gasteiger partial charge in [0.2, 0.25) is 0 Å². The molecule has 0 bridgehead atoms. The molecule has 0 saturated heterocycles. The second-order valence-corrected chi connectivity index (χ2v) is 15.9. The van der Waals surface area contributed by atoms with Crippen molar-refractivity contribution < 1.29 is 27.0 Å². The molecule has 0 aromatic heterocycles. The quantitative estimate of drug-likeness (QED) is 0.0331. The monoisotopic (exact) mass is 738 g/mol. The van der Waals surface area contributed by atoms with Crippen molar-refractivity contribution in [1.82, 2.24) is 5.32 Å². The molecule has 0 spiro atoms. The second kappa shape index (κ2) is 44.9. The van der Waals surface area contributed by atoms with Gasteiger partial charge in [0.25, 0.3) is 0 Å². The van der Waals surface area contributed by atoms with Crippen molar-refractivity contribution in [2.75, 3.05) is 27.4 Å². The highest BCUT2D eigenvalue weighted by Gasteiger charge is 2.11. The molecule has 1 atom stereocenters. The lowest BCUT2D eigenvalue weighted by Crippen LogP contribution is -2.38. The summed E-state index contributed by atoms with van der Waals surface area (Å²) in [5.41, 5.74) is -0.667. The van der Waals surface area contributed by atoms with Crippen molar-refractivity contribution in [2.45, 2.75) is 245 Å². The van der Waals surface area contributed by atoms with Crippen molar-refractivity contribution in [3.05, 3.63) is 0 Å². The Labute approximate surface area is 314 Å². The Bertz CT molecular complexity index is 664. The minimum absolute atomic E-state index is 0.667. The van der Waals surface area contributed by atoms with Crippen molar-refractivity contribution in [1.29, 1.82) is 0 Å². The summed E-state index contributed by atoms with van der Waals surface area (Å²) < 4.78 is 35.6. The van der Waals surface area contributed by atoms with Crippen LogP contribution in [-0.2, 0) is 19.3 Å². The van der Waals surface area contributed by atoms with Crippen LogP contribution in [0, 0.1) is 0 Å². The molecule has 0 rings (SSSR count). The predicted molar refractivity (Wildman–Crippen MR) is 218 cm³/mol. The van der Waals surface area contributed by atoms with Gasteiger partial charge >= 0.3 is 10.4 Å². The van der Waals surface area contributed by atoms with Gasteiger partial charge < -0.3 is 9.84 Å². The van der Waals surface area contributed by atoms with E-state index in [2.05, 4.69) is 23.3 Å². The molecule has 306 valence electrons. The summed E-state index contributed by atoms with van der Waals surface area (Å²) in [6.45, 7) is 10.3. The molecule has 50 heavy (non-hydrogen) atoms. The van der Waals surface area contributed by atoms with Crippen LogP contribution in [-0.4, -0.2) is 51.2 Å². The molecule has 0 aliphatic rings. The number of ether oxygens (including phenoxy) is 1. The van der Waals surface area contributed by atoms with Crippen molar-refractivity contribution in [3.63, 3.8) is 0 Å². The lowest BCUT2D eigenvalue weighted by atomic mass is 10.0. The summed E-state index contributed by atoms with van der Waals surface area (Å²) in [6, 6.07) is 0. The average molecular weight is 738 g/mol. The maximum absolute atomic E-state index is 9.33. The van der Waals surface area contributed by atoms with Crippen LogP contribution in [0.2, 0.25) is 0 Å². The van der Waals surface area contributed by atoms with E-state index in [9.17, 15) is 8.42 Å². The molecule has 0 aliphatic carbocycles. The molecule has 0 fully saturated rings. The Morgan fingerprint density at radius 3 is 0.820 bits per heavy atom. The number of nitrogens with one attached hydrogen (secondary N) is 1. The van der Waals surface area contributed by atoms with Gasteiger partial charge in [-0.25, -0.2) is 0 Å². The standard InChI is InChI=1S/C36H74O.C5H13NO.CH4O4S/c1-3-5-7-9-11-13-15-17-19-21-23-25-27-29-31-33-35-37-36-34-32-30-28-26-24-22-20-18-16-14-12-10-8-6-4-2;1-4-5(2,7)6-3;1-5-6(2,3)4/h3-36H2,1-2H3;6-7H,4H2,1-3H3;1H3,(H,2,3,4). The first-order valence-electron chi connectivity index (χ1n) is 21.6. The Morgan fingerprint density at radius 2 is 0.680 bits per heavy atom. The number of aliphatic hydroxyl groups is 1. The largest absolute Gasteiger partial charge is 0.397 e. The molecule has 0 heterocycles. The fourth-order valence-electron chi connectivity index (χ4n) is 5.78. The highest BCUT2D eigenvalue weighted by atomic mass is 32.3. The zero-order valence-corrected chi connectivity index (χ0v) is 35.5. The molecule has 0 amide bonds. The summed E-state index contributed by atoms with van der Waals surface area (Å²) in [6.07, 6.45) is 46.8. The maximum Gasteiger partial charge on any atom is 0.397 e. The maximum atomic E-state index is 9.33. The zero-order chi connectivity index (χ0) is 37.9. The van der Waals surface area contributed by atoms with Gasteiger partial charge in [-0.3, -0.25) is 14.1 Å². The first kappa shape index (κ1) is 54.1. The van der Waals surface area contributed by atoms with Crippen LogP contribution < -0.4 is 5.32 Å². The van der Waals surface area contributed by atoms with E-state index in [4.69, 9.17) is 14.4 Å². The van der Waals surface area contributed by atoms with E-state index in [1.165, 1.54) is 205 Å². The lowest BCUT2D eigenvalue weighted by Gasteiger charge is -2.19. The smallest absolute Gasteiger partial charge is 0.381 e. The molecular formula is C42H91NO6S. The predicted octanol–water partition coefficient (Wildman–Crippen LogP) is 13.3. The summed E-state index contributed by atoms with van der Waals surface area (Å²) in [5, 5.41) is 11.8. The van der Waals surface area contributed by atoms with Crippen LogP contribution in [0.1, 0.15) is 240 Å². The van der Waals surface area contributed by atoms with Crippen LogP contribution in [0.3, 0.4) is 0 Å². The lowest BCUT2D eigenvalue weighted by molar-refractivity contribution is 0.0284. The molecule has 0 aromatic carbocycles. The van der Waals surface area contributed by atoms with E-state index in [0.717, 1.165) is 26.7 Å². The Hall–Kier alpha value is -0.250. The Balaban J connectivity index is -0.00000142. The number of unbranched alkanes of at least 4 members (excludes halogenated alkanes) is 30. The molecule has 0 aliphatic heterocycles. The summed E-state index contributed by atoms with van der Waals surface area (Å²) in [7, 11) is -1.55. The minimum Gasteiger partial charge on any atom is -0.381 e.